The number of phenolic OH excluding ortho intramolecular Hbond substituents is 1. The van der Waals surface area contributed by atoms with Gasteiger partial charge >= 0.3 is 12.0 Å². The normalized spacial score (nSPS) is 16.1. The van der Waals surface area contributed by atoms with Crippen LogP contribution in [0.2, 0.25) is 0 Å². The Morgan fingerprint density at radius 3 is 2.58 bits per heavy atom. The van der Waals surface area contributed by atoms with Crippen LogP contribution >= 0.6 is 0 Å². The lowest BCUT2D eigenvalue weighted by Gasteiger charge is -2.29. The van der Waals surface area contributed by atoms with Gasteiger partial charge in [0.05, 0.1) is 36.0 Å². The summed E-state index contributed by atoms with van der Waals surface area (Å²) in [4.78, 5) is 25.1. The maximum Gasteiger partial charge on any atom is 0.338 e. The third-order valence-electron chi connectivity index (χ3n) is 5.01. The van der Waals surface area contributed by atoms with E-state index in [0.717, 1.165) is 12.1 Å². The lowest BCUT2D eigenvalue weighted by atomic mass is 9.95. The van der Waals surface area contributed by atoms with E-state index >= 15 is 0 Å². The molecular formula is C22H23FN2O7S. The summed E-state index contributed by atoms with van der Waals surface area (Å²) in [6, 6.07) is 5.72. The van der Waals surface area contributed by atoms with Gasteiger partial charge in [0.2, 0.25) is 0 Å². The molecule has 1 aliphatic heterocycles. The van der Waals surface area contributed by atoms with Gasteiger partial charge in [-0.2, -0.15) is 0 Å². The van der Waals surface area contributed by atoms with Crippen LogP contribution in [0.4, 0.5) is 9.18 Å². The Balaban J connectivity index is 2.13. The summed E-state index contributed by atoms with van der Waals surface area (Å²) < 4.78 is 49.9. The predicted octanol–water partition coefficient (Wildman–Crippen LogP) is 2.49. The average Bonchev–Trinajstić information content (AvgIpc) is 2.75. The fourth-order valence-corrected chi connectivity index (χ4v) is 4.80. The van der Waals surface area contributed by atoms with Crippen molar-refractivity contribution in [1.29, 1.82) is 0 Å². The van der Waals surface area contributed by atoms with Crippen LogP contribution in [-0.4, -0.2) is 45.0 Å². The van der Waals surface area contributed by atoms with Gasteiger partial charge in [0.25, 0.3) is 0 Å². The lowest BCUT2D eigenvalue weighted by Crippen LogP contribution is -2.47. The Morgan fingerprint density at radius 1 is 1.21 bits per heavy atom. The summed E-state index contributed by atoms with van der Waals surface area (Å²) in [7, 11) is -2.73. The number of phenols is 1. The van der Waals surface area contributed by atoms with Crippen LogP contribution in [-0.2, 0) is 19.4 Å². The Bertz CT molecular complexity index is 1240. The van der Waals surface area contributed by atoms with Crippen molar-refractivity contribution < 1.29 is 37.0 Å². The van der Waals surface area contributed by atoms with E-state index in [1.54, 1.807) is 6.92 Å². The summed E-state index contributed by atoms with van der Waals surface area (Å²) in [5.41, 5.74) is 0.206. The number of carbonyl (C=O) groups excluding carboxylic acids is 2. The Morgan fingerprint density at radius 2 is 1.94 bits per heavy atom. The number of halogens is 1. The number of ether oxygens (including phenoxy) is 2. The van der Waals surface area contributed by atoms with Crippen molar-refractivity contribution in [3.63, 3.8) is 0 Å². The topological polar surface area (TPSA) is 131 Å². The number of urea groups is 1. The number of esters is 1. The zero-order valence-corrected chi connectivity index (χ0v) is 19.0. The number of rotatable bonds is 7. The molecule has 11 heteroatoms. The number of carbonyl (C=O) groups is 2. The van der Waals surface area contributed by atoms with E-state index in [9.17, 15) is 27.5 Å². The molecule has 0 aromatic heterocycles. The molecule has 2 aromatic rings. The number of benzene rings is 2. The molecule has 2 aromatic carbocycles. The molecule has 0 spiro atoms. The van der Waals surface area contributed by atoms with Crippen molar-refractivity contribution in [3.05, 3.63) is 64.6 Å². The number of sulfone groups is 1. The molecule has 0 unspecified atom stereocenters. The van der Waals surface area contributed by atoms with E-state index in [1.807, 2.05) is 0 Å². The van der Waals surface area contributed by atoms with Crippen molar-refractivity contribution >= 4 is 21.8 Å². The molecule has 0 fully saturated rings. The molecule has 3 rings (SSSR count). The first-order chi connectivity index (χ1) is 15.6. The van der Waals surface area contributed by atoms with Crippen molar-refractivity contribution in [2.45, 2.75) is 24.8 Å². The molecule has 0 radical (unpaired) electrons. The maximum absolute atomic E-state index is 13.6. The number of nitrogens with one attached hydrogen (secondary N) is 2. The highest BCUT2D eigenvalue weighted by Gasteiger charge is 2.36. The van der Waals surface area contributed by atoms with E-state index in [4.69, 9.17) is 9.47 Å². The zero-order chi connectivity index (χ0) is 24.3. The molecule has 0 saturated carbocycles. The van der Waals surface area contributed by atoms with Gasteiger partial charge in [0, 0.05) is 5.70 Å². The molecule has 9 nitrogen and oxygen atoms in total. The van der Waals surface area contributed by atoms with Gasteiger partial charge in [0.15, 0.2) is 21.3 Å². The second-order valence-electron chi connectivity index (χ2n) is 7.25. The molecule has 0 saturated heterocycles. The third kappa shape index (κ3) is 5.08. The first-order valence-corrected chi connectivity index (χ1v) is 11.6. The standard InChI is InChI=1S/C22H23FN2O7S/c1-4-32-21(27)19-16(11-33(29,30)14-6-7-15(23)12(2)9-14)24-22(28)25-20(19)13-5-8-17(26)18(10-13)31-3/h5-10,20,26H,4,11H2,1-3H3,(H2,24,25,28)/t20-/m0/s1. The van der Waals surface area contributed by atoms with Gasteiger partial charge in [-0.1, -0.05) is 6.07 Å². The molecular weight excluding hydrogens is 455 g/mol. The minimum Gasteiger partial charge on any atom is -0.504 e. The van der Waals surface area contributed by atoms with Crippen molar-refractivity contribution in [1.82, 2.24) is 10.6 Å². The van der Waals surface area contributed by atoms with Crippen LogP contribution < -0.4 is 15.4 Å². The number of hydrogen-bond donors (Lipinski definition) is 3. The van der Waals surface area contributed by atoms with E-state index < -0.39 is 39.4 Å². The fraction of sp³-hybridized carbons (Fsp3) is 0.273. The monoisotopic (exact) mass is 478 g/mol. The van der Waals surface area contributed by atoms with Crippen LogP contribution in [0, 0.1) is 12.7 Å². The first-order valence-electron chi connectivity index (χ1n) is 9.90. The summed E-state index contributed by atoms with van der Waals surface area (Å²) in [6.45, 7) is 3.03. The fourth-order valence-electron chi connectivity index (χ4n) is 3.39. The van der Waals surface area contributed by atoms with E-state index in [-0.39, 0.29) is 39.8 Å². The molecule has 2 amide bonds. The molecule has 0 bridgehead atoms. The highest BCUT2D eigenvalue weighted by atomic mass is 32.2. The number of hydrogen-bond acceptors (Lipinski definition) is 7. The number of aromatic hydroxyl groups is 1. The molecule has 1 heterocycles. The van der Waals surface area contributed by atoms with Crippen LogP contribution in [0.5, 0.6) is 11.5 Å². The van der Waals surface area contributed by atoms with Crippen LogP contribution in [0.25, 0.3) is 0 Å². The van der Waals surface area contributed by atoms with E-state index in [1.165, 1.54) is 38.3 Å². The third-order valence-corrected chi connectivity index (χ3v) is 6.65. The second kappa shape index (κ2) is 9.49. The van der Waals surface area contributed by atoms with Gasteiger partial charge in [-0.25, -0.2) is 22.4 Å². The Hall–Kier alpha value is -3.60. The average molecular weight is 478 g/mol. The quantitative estimate of drug-likeness (QED) is 0.412. The number of amides is 2. The molecule has 176 valence electrons. The van der Waals surface area contributed by atoms with Crippen LogP contribution in [0.1, 0.15) is 24.1 Å². The van der Waals surface area contributed by atoms with Crippen LogP contribution in [0.3, 0.4) is 0 Å². The van der Waals surface area contributed by atoms with Gasteiger partial charge in [-0.3, -0.25) is 0 Å². The summed E-state index contributed by atoms with van der Waals surface area (Å²) in [5.74, 6) is -2.18. The molecule has 3 N–H and O–H groups in total. The largest absolute Gasteiger partial charge is 0.504 e. The summed E-state index contributed by atoms with van der Waals surface area (Å²) in [5, 5.41) is 14.8. The lowest BCUT2D eigenvalue weighted by molar-refractivity contribution is -0.139. The van der Waals surface area contributed by atoms with Gasteiger partial charge in [-0.15, -0.1) is 0 Å². The molecule has 33 heavy (non-hydrogen) atoms. The summed E-state index contributed by atoms with van der Waals surface area (Å²) >= 11 is 0. The maximum atomic E-state index is 13.6. The minimum atomic E-state index is -4.07. The number of methoxy groups -OCH3 is 1. The van der Waals surface area contributed by atoms with Crippen molar-refractivity contribution in [3.8, 4) is 11.5 Å². The highest BCUT2D eigenvalue weighted by molar-refractivity contribution is 7.91. The predicted molar refractivity (Wildman–Crippen MR) is 116 cm³/mol. The molecule has 1 aliphatic rings. The SMILES string of the molecule is CCOC(=O)C1=C(CS(=O)(=O)c2ccc(F)c(C)c2)NC(=O)N[C@H]1c1ccc(O)c(OC)c1. The Labute approximate surface area is 190 Å². The van der Waals surface area contributed by atoms with Crippen LogP contribution in [0.15, 0.2) is 52.6 Å². The highest BCUT2D eigenvalue weighted by Crippen LogP contribution is 2.34. The van der Waals surface area contributed by atoms with Gasteiger partial charge < -0.3 is 25.2 Å². The second-order valence-corrected chi connectivity index (χ2v) is 9.24. The summed E-state index contributed by atoms with van der Waals surface area (Å²) in [6.07, 6.45) is 0. The van der Waals surface area contributed by atoms with E-state index in [0.29, 0.717) is 5.56 Å². The molecule has 1 atom stereocenters. The zero-order valence-electron chi connectivity index (χ0n) is 18.1. The Kier molecular flexibility index (Phi) is 6.92. The van der Waals surface area contributed by atoms with Gasteiger partial charge in [0.1, 0.15) is 5.82 Å². The van der Waals surface area contributed by atoms with Gasteiger partial charge in [-0.05, 0) is 55.3 Å². The van der Waals surface area contributed by atoms with Crippen molar-refractivity contribution in [2.75, 3.05) is 19.5 Å². The number of aryl methyl sites for hydroxylation is 1. The minimum absolute atomic E-state index is 0.0130. The molecule has 0 aliphatic carbocycles. The smallest absolute Gasteiger partial charge is 0.338 e. The van der Waals surface area contributed by atoms with E-state index in [2.05, 4.69) is 10.6 Å². The van der Waals surface area contributed by atoms with Crippen molar-refractivity contribution in [2.24, 2.45) is 0 Å². The first kappa shape index (κ1) is 24.1.